The number of hydrogen-bond donors (Lipinski definition) is 2. The summed E-state index contributed by atoms with van der Waals surface area (Å²) < 4.78 is 26.7. The van der Waals surface area contributed by atoms with E-state index < -0.39 is 16.1 Å². The molecule has 0 aromatic heterocycles. The van der Waals surface area contributed by atoms with Gasteiger partial charge in [-0.05, 0) is 44.0 Å². The number of hydrogen-bond acceptors (Lipinski definition) is 4. The Bertz CT molecular complexity index is 983. The number of nitrogens with one attached hydrogen (secondary N) is 2. The predicted octanol–water partition coefficient (Wildman–Crippen LogP) is 2.30. The van der Waals surface area contributed by atoms with Crippen LogP contribution in [0.2, 0.25) is 0 Å². The molecule has 0 bridgehead atoms. The quantitative estimate of drug-likeness (QED) is 0.864. The van der Waals surface area contributed by atoms with E-state index >= 15 is 0 Å². The van der Waals surface area contributed by atoms with Crippen LogP contribution in [0.5, 0.6) is 0 Å². The number of rotatable bonds is 4. The number of aliphatic imine (C=N–C) groups is 1. The Kier molecular flexibility index (Phi) is 4.82. The van der Waals surface area contributed by atoms with Gasteiger partial charge in [0.1, 0.15) is 11.9 Å². The lowest BCUT2D eigenvalue weighted by molar-refractivity contribution is -0.122. The fraction of sp³-hybridized carbons (Fsp3) is 0.263. The molecular formula is C19H21N3O3S. The Morgan fingerprint density at radius 3 is 2.46 bits per heavy atom. The monoisotopic (exact) mass is 371 g/mol. The van der Waals surface area contributed by atoms with E-state index in [2.05, 4.69) is 15.0 Å². The average molecular weight is 371 g/mol. The van der Waals surface area contributed by atoms with E-state index in [1.807, 2.05) is 38.1 Å². The van der Waals surface area contributed by atoms with Crippen molar-refractivity contribution in [3.63, 3.8) is 0 Å². The molecule has 0 saturated carbocycles. The minimum absolute atomic E-state index is 0.168. The molecule has 0 fully saturated rings. The number of fused-ring (bicyclic) bond motifs is 1. The Hall–Kier alpha value is -2.67. The van der Waals surface area contributed by atoms with E-state index in [9.17, 15) is 13.2 Å². The molecule has 136 valence electrons. The normalized spacial score (nSPS) is 18.7. The first-order valence-electron chi connectivity index (χ1n) is 8.35. The van der Waals surface area contributed by atoms with Crippen molar-refractivity contribution in [2.75, 3.05) is 0 Å². The van der Waals surface area contributed by atoms with Crippen LogP contribution in [0.25, 0.3) is 0 Å². The lowest BCUT2D eigenvalue weighted by Gasteiger charge is -2.18. The van der Waals surface area contributed by atoms with Gasteiger partial charge in [0, 0.05) is 5.56 Å². The number of amidine groups is 1. The van der Waals surface area contributed by atoms with Crippen molar-refractivity contribution in [2.24, 2.45) is 4.99 Å². The average Bonchev–Trinajstić information content (AvgIpc) is 2.86. The van der Waals surface area contributed by atoms with E-state index in [0.717, 1.165) is 11.1 Å². The third-order valence-electron chi connectivity index (χ3n) is 4.38. The Labute approximate surface area is 153 Å². The molecule has 1 heterocycles. The zero-order valence-electron chi connectivity index (χ0n) is 14.9. The van der Waals surface area contributed by atoms with Gasteiger partial charge in [-0.1, -0.05) is 36.4 Å². The number of benzene rings is 2. The molecule has 0 unspecified atom stereocenters. The summed E-state index contributed by atoms with van der Waals surface area (Å²) in [5.74, 6) is -0.0661. The molecule has 0 saturated heterocycles. The fourth-order valence-electron chi connectivity index (χ4n) is 2.97. The molecule has 1 aliphatic heterocycles. The first-order valence-corrected chi connectivity index (χ1v) is 9.84. The van der Waals surface area contributed by atoms with Gasteiger partial charge >= 0.3 is 0 Å². The maximum atomic E-state index is 12.5. The minimum Gasteiger partial charge on any atom is -0.348 e. The van der Waals surface area contributed by atoms with Crippen LogP contribution in [-0.4, -0.2) is 26.2 Å². The van der Waals surface area contributed by atoms with Crippen molar-refractivity contribution in [1.82, 2.24) is 10.0 Å². The van der Waals surface area contributed by atoms with Crippen molar-refractivity contribution < 1.29 is 13.2 Å². The molecule has 26 heavy (non-hydrogen) atoms. The second-order valence-corrected chi connectivity index (χ2v) is 7.99. The van der Waals surface area contributed by atoms with Gasteiger partial charge in [0.2, 0.25) is 5.91 Å². The summed E-state index contributed by atoms with van der Waals surface area (Å²) in [5.41, 5.74) is 2.61. The summed E-state index contributed by atoms with van der Waals surface area (Å²) >= 11 is 0. The lowest BCUT2D eigenvalue weighted by Crippen LogP contribution is -2.35. The molecule has 2 atom stereocenters. The first-order chi connectivity index (χ1) is 12.3. The van der Waals surface area contributed by atoms with E-state index in [-0.39, 0.29) is 22.7 Å². The van der Waals surface area contributed by atoms with Crippen molar-refractivity contribution in [1.29, 1.82) is 0 Å². The van der Waals surface area contributed by atoms with Crippen molar-refractivity contribution >= 4 is 21.8 Å². The van der Waals surface area contributed by atoms with Gasteiger partial charge in [0.05, 0.1) is 10.9 Å². The van der Waals surface area contributed by atoms with Gasteiger partial charge in [-0.15, -0.1) is 0 Å². The molecule has 0 spiro atoms. The van der Waals surface area contributed by atoms with E-state index in [0.29, 0.717) is 5.56 Å². The van der Waals surface area contributed by atoms with Crippen LogP contribution in [0.1, 0.15) is 36.6 Å². The van der Waals surface area contributed by atoms with Crippen molar-refractivity contribution in [2.45, 2.75) is 37.8 Å². The third-order valence-corrected chi connectivity index (χ3v) is 5.78. The molecule has 0 aliphatic carbocycles. The maximum absolute atomic E-state index is 12.5. The number of aryl methyl sites for hydroxylation is 1. The summed E-state index contributed by atoms with van der Waals surface area (Å²) in [4.78, 5) is 17.0. The SMILES string of the molecule is Cc1ccccc1[C@H](C)NC(=O)[C@@H](C)N=C1NS(=O)(=O)c2ccccc21. The van der Waals surface area contributed by atoms with Crippen LogP contribution in [-0.2, 0) is 14.8 Å². The second kappa shape index (κ2) is 6.92. The Morgan fingerprint density at radius 2 is 1.73 bits per heavy atom. The lowest BCUT2D eigenvalue weighted by atomic mass is 10.0. The third kappa shape index (κ3) is 3.48. The maximum Gasteiger partial charge on any atom is 0.263 e. The largest absolute Gasteiger partial charge is 0.348 e. The van der Waals surface area contributed by atoms with Crippen LogP contribution < -0.4 is 10.0 Å². The van der Waals surface area contributed by atoms with Crippen molar-refractivity contribution in [3.05, 3.63) is 65.2 Å². The topological polar surface area (TPSA) is 87.6 Å². The molecule has 0 radical (unpaired) electrons. The molecule has 3 rings (SSSR count). The molecular weight excluding hydrogens is 350 g/mol. The van der Waals surface area contributed by atoms with Gasteiger partial charge in [-0.3, -0.25) is 14.5 Å². The first kappa shape index (κ1) is 18.1. The smallest absolute Gasteiger partial charge is 0.263 e. The van der Waals surface area contributed by atoms with Gasteiger partial charge in [-0.25, -0.2) is 8.42 Å². The van der Waals surface area contributed by atoms with Crippen LogP contribution >= 0.6 is 0 Å². The van der Waals surface area contributed by atoms with Crippen LogP contribution in [0.15, 0.2) is 58.4 Å². The van der Waals surface area contributed by atoms with Gasteiger partial charge in [0.25, 0.3) is 10.0 Å². The molecule has 1 amide bonds. The number of nitrogens with zero attached hydrogens (tertiary/aromatic N) is 1. The minimum atomic E-state index is -3.61. The summed E-state index contributed by atoms with van der Waals surface area (Å²) in [5, 5.41) is 2.93. The highest BCUT2D eigenvalue weighted by Gasteiger charge is 2.31. The highest BCUT2D eigenvalue weighted by Crippen LogP contribution is 2.23. The Morgan fingerprint density at radius 1 is 1.08 bits per heavy atom. The number of carbonyl (C=O) groups excluding carboxylic acids is 1. The number of sulfonamides is 1. The predicted molar refractivity (Wildman–Crippen MR) is 100 cm³/mol. The fourth-order valence-corrected chi connectivity index (χ4v) is 4.21. The molecule has 2 aromatic rings. The summed E-state index contributed by atoms with van der Waals surface area (Å²) in [6.07, 6.45) is 0. The number of carbonyl (C=O) groups is 1. The van der Waals surface area contributed by atoms with Gasteiger partial charge < -0.3 is 5.32 Å². The second-order valence-electron chi connectivity index (χ2n) is 6.34. The molecule has 7 heteroatoms. The van der Waals surface area contributed by atoms with Crippen LogP contribution in [0.3, 0.4) is 0 Å². The number of amides is 1. The van der Waals surface area contributed by atoms with Gasteiger partial charge in [0.15, 0.2) is 0 Å². The summed E-state index contributed by atoms with van der Waals surface area (Å²) in [7, 11) is -3.61. The Balaban J connectivity index is 1.78. The van der Waals surface area contributed by atoms with Crippen molar-refractivity contribution in [3.8, 4) is 0 Å². The molecule has 6 nitrogen and oxygen atoms in total. The molecule has 2 aromatic carbocycles. The zero-order valence-corrected chi connectivity index (χ0v) is 15.7. The highest BCUT2D eigenvalue weighted by atomic mass is 32.2. The van der Waals surface area contributed by atoms with E-state index in [4.69, 9.17) is 0 Å². The highest BCUT2D eigenvalue weighted by molar-refractivity contribution is 7.90. The summed E-state index contributed by atoms with van der Waals surface area (Å²) in [6.45, 7) is 5.54. The standard InChI is InChI=1S/C19H21N3O3S/c1-12-8-4-5-9-15(12)13(2)21-19(23)14(3)20-18-16-10-6-7-11-17(16)26(24,25)22-18/h4-11,13-14H,1-3H3,(H,20,22)(H,21,23)/t13-,14+/m0/s1. The van der Waals surface area contributed by atoms with Gasteiger partial charge in [-0.2, -0.15) is 0 Å². The molecule has 1 aliphatic rings. The zero-order chi connectivity index (χ0) is 18.9. The molecule has 2 N–H and O–H groups in total. The van der Waals surface area contributed by atoms with E-state index in [1.165, 1.54) is 6.07 Å². The summed E-state index contributed by atoms with van der Waals surface area (Å²) in [6, 6.07) is 13.5. The van der Waals surface area contributed by atoms with Crippen LogP contribution in [0, 0.1) is 6.92 Å². The van der Waals surface area contributed by atoms with E-state index in [1.54, 1.807) is 25.1 Å². The van der Waals surface area contributed by atoms with Crippen LogP contribution in [0.4, 0.5) is 0 Å².